The van der Waals surface area contributed by atoms with Crippen molar-refractivity contribution in [3.63, 3.8) is 0 Å². The summed E-state index contributed by atoms with van der Waals surface area (Å²) in [4.78, 5) is 15.3. The van der Waals surface area contributed by atoms with Gasteiger partial charge in [0.15, 0.2) is 0 Å². The number of benzene rings is 2. The van der Waals surface area contributed by atoms with Crippen molar-refractivity contribution >= 4 is 16.9 Å². The van der Waals surface area contributed by atoms with E-state index < -0.39 is 5.41 Å². The zero-order valence-electron chi connectivity index (χ0n) is 14.8. The van der Waals surface area contributed by atoms with Gasteiger partial charge in [0.25, 0.3) is 0 Å². The number of nitrogens with one attached hydrogen (secondary N) is 1. The highest BCUT2D eigenvalue weighted by atomic mass is 16.5. The van der Waals surface area contributed by atoms with Crippen molar-refractivity contribution in [2.45, 2.75) is 34.0 Å². The van der Waals surface area contributed by atoms with Gasteiger partial charge in [-0.15, -0.1) is 0 Å². The Labute approximate surface area is 147 Å². The van der Waals surface area contributed by atoms with Gasteiger partial charge in [0, 0.05) is 22.7 Å². The molecule has 0 saturated carbocycles. The summed E-state index contributed by atoms with van der Waals surface area (Å²) in [6.45, 7) is 6.19. The Bertz CT molecular complexity index is 860. The molecule has 25 heavy (non-hydrogen) atoms. The summed E-state index contributed by atoms with van der Waals surface area (Å²) in [6.07, 6.45) is 1.89. The highest BCUT2D eigenvalue weighted by Crippen LogP contribution is 2.28. The first-order valence-corrected chi connectivity index (χ1v) is 8.37. The van der Waals surface area contributed by atoms with E-state index in [0.29, 0.717) is 6.61 Å². The number of rotatable bonds is 5. The van der Waals surface area contributed by atoms with E-state index in [2.05, 4.69) is 4.98 Å². The third-order valence-corrected chi connectivity index (χ3v) is 3.94. The minimum Gasteiger partial charge on any atom is -0.488 e. The zero-order chi connectivity index (χ0) is 17.9. The van der Waals surface area contributed by atoms with Crippen molar-refractivity contribution in [2.24, 2.45) is 5.41 Å². The first-order chi connectivity index (χ1) is 11.9. The Morgan fingerprint density at radius 2 is 1.80 bits per heavy atom. The second-order valence-electron chi connectivity index (χ2n) is 7.13. The molecule has 0 aliphatic heterocycles. The van der Waals surface area contributed by atoms with Crippen LogP contribution in [0.4, 0.5) is 0 Å². The largest absolute Gasteiger partial charge is 0.488 e. The minimum absolute atomic E-state index is 0.190. The molecule has 130 valence electrons. The second-order valence-corrected chi connectivity index (χ2v) is 7.13. The molecule has 0 aliphatic carbocycles. The van der Waals surface area contributed by atoms with E-state index in [-0.39, 0.29) is 12.6 Å². The monoisotopic (exact) mass is 337 g/mol. The second kappa shape index (κ2) is 7.01. The van der Waals surface area contributed by atoms with Crippen LogP contribution in [0, 0.1) is 5.41 Å². The van der Waals surface area contributed by atoms with E-state index in [9.17, 15) is 4.79 Å². The molecule has 4 nitrogen and oxygen atoms in total. The van der Waals surface area contributed by atoms with Gasteiger partial charge >= 0.3 is 5.97 Å². The fourth-order valence-corrected chi connectivity index (χ4v) is 2.47. The molecule has 0 bridgehead atoms. The normalized spacial score (nSPS) is 11.5. The highest BCUT2D eigenvalue weighted by Gasteiger charge is 2.23. The number of hydrogen-bond donors (Lipinski definition) is 1. The topological polar surface area (TPSA) is 51.3 Å². The molecule has 0 saturated heterocycles. The smallest absolute Gasteiger partial charge is 0.311 e. The van der Waals surface area contributed by atoms with Gasteiger partial charge in [-0.1, -0.05) is 30.3 Å². The SMILES string of the molecule is CC(C)(C)C(=O)OCc1cc2[nH]ccc2cc1OCc1ccccc1. The number of hydrogen-bond acceptors (Lipinski definition) is 3. The summed E-state index contributed by atoms with van der Waals surface area (Å²) < 4.78 is 11.5. The van der Waals surface area contributed by atoms with E-state index in [1.165, 1.54) is 0 Å². The zero-order valence-corrected chi connectivity index (χ0v) is 14.8. The van der Waals surface area contributed by atoms with Crippen molar-refractivity contribution < 1.29 is 14.3 Å². The van der Waals surface area contributed by atoms with Crippen LogP contribution in [-0.4, -0.2) is 11.0 Å². The fraction of sp³-hybridized carbons (Fsp3) is 0.286. The molecule has 0 fully saturated rings. The summed E-state index contributed by atoms with van der Waals surface area (Å²) in [5, 5.41) is 1.06. The average molecular weight is 337 g/mol. The summed E-state index contributed by atoms with van der Waals surface area (Å²) in [7, 11) is 0. The molecular formula is C21H23NO3. The predicted octanol–water partition coefficient (Wildman–Crippen LogP) is 4.84. The van der Waals surface area contributed by atoms with Gasteiger partial charge < -0.3 is 14.5 Å². The lowest BCUT2D eigenvalue weighted by Gasteiger charge is -2.18. The molecule has 0 spiro atoms. The lowest BCUT2D eigenvalue weighted by atomic mass is 9.97. The summed E-state index contributed by atoms with van der Waals surface area (Å²) >= 11 is 0. The number of aromatic amines is 1. The first kappa shape index (κ1) is 17.1. The van der Waals surface area contributed by atoms with Gasteiger partial charge in [-0.05, 0) is 44.5 Å². The minimum atomic E-state index is -0.526. The van der Waals surface area contributed by atoms with Crippen molar-refractivity contribution in [2.75, 3.05) is 0 Å². The van der Waals surface area contributed by atoms with Crippen LogP contribution >= 0.6 is 0 Å². The Balaban J connectivity index is 1.81. The third kappa shape index (κ3) is 4.21. The van der Waals surface area contributed by atoms with Crippen molar-refractivity contribution in [1.29, 1.82) is 0 Å². The average Bonchev–Trinajstić information content (AvgIpc) is 3.04. The fourth-order valence-electron chi connectivity index (χ4n) is 2.47. The molecule has 3 aromatic rings. The van der Waals surface area contributed by atoms with E-state index in [1.807, 2.05) is 75.5 Å². The van der Waals surface area contributed by atoms with Gasteiger partial charge in [-0.2, -0.15) is 0 Å². The van der Waals surface area contributed by atoms with Crippen LogP contribution in [-0.2, 0) is 22.7 Å². The van der Waals surface area contributed by atoms with Gasteiger partial charge in [-0.25, -0.2) is 0 Å². The Hall–Kier alpha value is -2.75. The number of H-pyrrole nitrogens is 1. The lowest BCUT2D eigenvalue weighted by molar-refractivity contribution is -0.154. The van der Waals surface area contributed by atoms with Crippen LogP contribution in [0.3, 0.4) is 0 Å². The molecule has 0 atom stereocenters. The van der Waals surface area contributed by atoms with Crippen LogP contribution in [0.5, 0.6) is 5.75 Å². The summed E-state index contributed by atoms with van der Waals surface area (Å²) in [6, 6.07) is 15.9. The number of aromatic nitrogens is 1. The van der Waals surface area contributed by atoms with Gasteiger partial charge in [0.2, 0.25) is 0 Å². The van der Waals surface area contributed by atoms with E-state index in [4.69, 9.17) is 9.47 Å². The number of fused-ring (bicyclic) bond motifs is 1. The maximum absolute atomic E-state index is 12.1. The van der Waals surface area contributed by atoms with Crippen molar-refractivity contribution in [3.05, 3.63) is 65.9 Å². The number of carbonyl (C=O) groups is 1. The molecule has 0 radical (unpaired) electrons. The molecular weight excluding hydrogens is 314 g/mol. The number of carbonyl (C=O) groups excluding carboxylic acids is 1. The Morgan fingerprint density at radius 3 is 2.52 bits per heavy atom. The quantitative estimate of drug-likeness (QED) is 0.678. The Kier molecular flexibility index (Phi) is 4.79. The van der Waals surface area contributed by atoms with Crippen LogP contribution in [0.25, 0.3) is 10.9 Å². The molecule has 0 unspecified atom stereocenters. The van der Waals surface area contributed by atoms with Crippen LogP contribution in [0.15, 0.2) is 54.7 Å². The lowest BCUT2D eigenvalue weighted by Crippen LogP contribution is -2.22. The molecule has 1 aromatic heterocycles. The first-order valence-electron chi connectivity index (χ1n) is 8.37. The molecule has 3 rings (SSSR count). The molecule has 0 aliphatic rings. The predicted molar refractivity (Wildman–Crippen MR) is 98.3 cm³/mol. The van der Waals surface area contributed by atoms with Crippen LogP contribution in [0.1, 0.15) is 31.9 Å². The number of ether oxygens (including phenoxy) is 2. The summed E-state index contributed by atoms with van der Waals surface area (Å²) in [5.41, 5.74) is 2.41. The maximum atomic E-state index is 12.1. The highest BCUT2D eigenvalue weighted by molar-refractivity contribution is 5.82. The Morgan fingerprint density at radius 1 is 1.04 bits per heavy atom. The van der Waals surface area contributed by atoms with Gasteiger partial charge in [0.05, 0.1) is 5.41 Å². The molecule has 1 N–H and O–H groups in total. The standard InChI is InChI=1S/C21H23NO3/c1-21(2,3)20(23)25-14-17-11-18-16(9-10-22-18)12-19(17)24-13-15-7-5-4-6-8-15/h4-12,22H,13-14H2,1-3H3. The molecule has 1 heterocycles. The third-order valence-electron chi connectivity index (χ3n) is 3.94. The van der Waals surface area contributed by atoms with Crippen LogP contribution < -0.4 is 4.74 Å². The maximum Gasteiger partial charge on any atom is 0.311 e. The molecule has 0 amide bonds. The number of esters is 1. The molecule has 4 heteroatoms. The van der Waals surface area contributed by atoms with Gasteiger partial charge in [-0.3, -0.25) is 4.79 Å². The van der Waals surface area contributed by atoms with Gasteiger partial charge in [0.1, 0.15) is 19.0 Å². The van der Waals surface area contributed by atoms with Crippen molar-refractivity contribution in [1.82, 2.24) is 4.98 Å². The van der Waals surface area contributed by atoms with Crippen LogP contribution in [0.2, 0.25) is 0 Å². The van der Waals surface area contributed by atoms with E-state index >= 15 is 0 Å². The van der Waals surface area contributed by atoms with E-state index in [0.717, 1.165) is 27.8 Å². The van der Waals surface area contributed by atoms with Crippen molar-refractivity contribution in [3.8, 4) is 5.75 Å². The molecule has 2 aromatic carbocycles. The summed E-state index contributed by atoms with van der Waals surface area (Å²) in [5.74, 6) is 0.505. The van der Waals surface area contributed by atoms with E-state index in [1.54, 1.807) is 0 Å².